The second-order valence-corrected chi connectivity index (χ2v) is 4.91. The van der Waals surface area contributed by atoms with Gasteiger partial charge in [-0.3, -0.25) is 9.78 Å². The SMILES string of the molecule is COC(=O)NCc1cc(C(=O)NCc2ccc(OC)cc2)ccn1. The van der Waals surface area contributed by atoms with Crippen LogP contribution in [0.4, 0.5) is 4.79 Å². The number of hydrogen-bond donors (Lipinski definition) is 2. The minimum absolute atomic E-state index is 0.187. The van der Waals surface area contributed by atoms with Crippen LogP contribution < -0.4 is 15.4 Å². The van der Waals surface area contributed by atoms with E-state index in [4.69, 9.17) is 4.74 Å². The summed E-state index contributed by atoms with van der Waals surface area (Å²) in [5.74, 6) is 0.550. The Hall–Kier alpha value is -3.09. The number of ether oxygens (including phenoxy) is 2. The number of aromatic nitrogens is 1. The van der Waals surface area contributed by atoms with E-state index in [1.54, 1.807) is 19.2 Å². The zero-order chi connectivity index (χ0) is 17.4. The van der Waals surface area contributed by atoms with E-state index in [1.165, 1.54) is 13.3 Å². The number of pyridine rings is 1. The molecule has 1 heterocycles. The van der Waals surface area contributed by atoms with Crippen molar-refractivity contribution in [3.63, 3.8) is 0 Å². The van der Waals surface area contributed by atoms with E-state index in [2.05, 4.69) is 20.4 Å². The molecule has 0 fully saturated rings. The van der Waals surface area contributed by atoms with Gasteiger partial charge in [-0.1, -0.05) is 12.1 Å². The third-order valence-corrected chi connectivity index (χ3v) is 3.29. The molecular weight excluding hydrogens is 310 g/mol. The van der Waals surface area contributed by atoms with Crippen LogP contribution in [-0.4, -0.2) is 31.2 Å². The Morgan fingerprint density at radius 1 is 1.04 bits per heavy atom. The lowest BCUT2D eigenvalue weighted by molar-refractivity contribution is 0.0950. The molecule has 0 spiro atoms. The van der Waals surface area contributed by atoms with Crippen LogP contribution in [0.5, 0.6) is 5.75 Å². The van der Waals surface area contributed by atoms with Crippen LogP contribution in [0.3, 0.4) is 0 Å². The summed E-state index contributed by atoms with van der Waals surface area (Å²) < 4.78 is 9.58. The van der Waals surface area contributed by atoms with Gasteiger partial charge in [-0.25, -0.2) is 4.79 Å². The number of nitrogens with zero attached hydrogens (tertiary/aromatic N) is 1. The first-order valence-electron chi connectivity index (χ1n) is 7.30. The smallest absolute Gasteiger partial charge is 0.407 e. The molecule has 0 unspecified atom stereocenters. The minimum Gasteiger partial charge on any atom is -0.497 e. The van der Waals surface area contributed by atoms with Gasteiger partial charge in [0.2, 0.25) is 0 Å². The molecule has 1 aromatic carbocycles. The molecule has 2 aromatic rings. The summed E-state index contributed by atoms with van der Waals surface area (Å²) in [6.45, 7) is 0.590. The second kappa shape index (κ2) is 8.52. The monoisotopic (exact) mass is 329 g/mol. The van der Waals surface area contributed by atoms with Gasteiger partial charge in [0.15, 0.2) is 0 Å². The third-order valence-electron chi connectivity index (χ3n) is 3.29. The van der Waals surface area contributed by atoms with E-state index in [-0.39, 0.29) is 12.5 Å². The van der Waals surface area contributed by atoms with Gasteiger partial charge in [-0.05, 0) is 29.8 Å². The normalized spacial score (nSPS) is 9.92. The third kappa shape index (κ3) is 4.98. The second-order valence-electron chi connectivity index (χ2n) is 4.91. The molecule has 24 heavy (non-hydrogen) atoms. The molecule has 126 valence electrons. The number of hydrogen-bond acceptors (Lipinski definition) is 5. The summed E-state index contributed by atoms with van der Waals surface area (Å²) in [5, 5.41) is 5.35. The fraction of sp³-hybridized carbons (Fsp3) is 0.235. The number of methoxy groups -OCH3 is 2. The van der Waals surface area contributed by atoms with Gasteiger partial charge >= 0.3 is 6.09 Å². The lowest BCUT2D eigenvalue weighted by atomic mass is 10.2. The van der Waals surface area contributed by atoms with E-state index in [0.717, 1.165) is 11.3 Å². The molecule has 0 atom stereocenters. The first-order valence-corrected chi connectivity index (χ1v) is 7.30. The van der Waals surface area contributed by atoms with Crippen LogP contribution in [0, 0.1) is 0 Å². The number of carbonyl (C=O) groups is 2. The molecule has 2 amide bonds. The standard InChI is InChI=1S/C17H19N3O4/c1-23-15-5-3-12(4-6-15)10-19-16(21)13-7-8-18-14(9-13)11-20-17(22)24-2/h3-9H,10-11H2,1-2H3,(H,19,21)(H,20,22). The van der Waals surface area contributed by atoms with Crippen LogP contribution in [0.2, 0.25) is 0 Å². The molecule has 1 aromatic heterocycles. The van der Waals surface area contributed by atoms with E-state index in [9.17, 15) is 9.59 Å². The van der Waals surface area contributed by atoms with Crippen molar-refractivity contribution in [3.8, 4) is 5.75 Å². The highest BCUT2D eigenvalue weighted by Gasteiger charge is 2.08. The van der Waals surface area contributed by atoms with Crippen molar-refractivity contribution in [2.45, 2.75) is 13.1 Å². The number of alkyl carbamates (subject to hydrolysis) is 1. The maximum Gasteiger partial charge on any atom is 0.407 e. The Labute approximate surface area is 140 Å². The maximum absolute atomic E-state index is 12.2. The average Bonchev–Trinajstić information content (AvgIpc) is 2.64. The zero-order valence-electron chi connectivity index (χ0n) is 13.5. The molecule has 0 saturated carbocycles. The highest BCUT2D eigenvalue weighted by molar-refractivity contribution is 5.94. The molecule has 2 N–H and O–H groups in total. The van der Waals surface area contributed by atoms with Crippen LogP contribution >= 0.6 is 0 Å². The van der Waals surface area contributed by atoms with Crippen molar-refractivity contribution >= 4 is 12.0 Å². The fourth-order valence-electron chi connectivity index (χ4n) is 1.98. The average molecular weight is 329 g/mol. The summed E-state index contributed by atoms with van der Waals surface area (Å²) in [7, 11) is 2.89. The molecule has 0 bridgehead atoms. The minimum atomic E-state index is -0.550. The van der Waals surface area contributed by atoms with Crippen molar-refractivity contribution in [1.82, 2.24) is 15.6 Å². The van der Waals surface area contributed by atoms with Crippen molar-refractivity contribution in [2.75, 3.05) is 14.2 Å². The van der Waals surface area contributed by atoms with Gasteiger partial charge < -0.3 is 20.1 Å². The molecular formula is C17H19N3O4. The van der Waals surface area contributed by atoms with Crippen molar-refractivity contribution in [3.05, 3.63) is 59.4 Å². The van der Waals surface area contributed by atoms with Gasteiger partial charge in [0.05, 0.1) is 26.5 Å². The molecule has 7 nitrogen and oxygen atoms in total. The maximum atomic E-state index is 12.2. The highest BCUT2D eigenvalue weighted by atomic mass is 16.5. The van der Waals surface area contributed by atoms with Crippen LogP contribution in [-0.2, 0) is 17.8 Å². The summed E-state index contributed by atoms with van der Waals surface area (Å²) in [4.78, 5) is 27.4. The number of amides is 2. The Bertz CT molecular complexity index is 701. The quantitative estimate of drug-likeness (QED) is 0.844. The zero-order valence-corrected chi connectivity index (χ0v) is 13.5. The van der Waals surface area contributed by atoms with Gasteiger partial charge in [-0.15, -0.1) is 0 Å². The fourth-order valence-corrected chi connectivity index (χ4v) is 1.98. The summed E-state index contributed by atoms with van der Waals surface area (Å²) >= 11 is 0. The molecule has 0 aliphatic heterocycles. The number of nitrogens with one attached hydrogen (secondary N) is 2. The van der Waals surface area contributed by atoms with Gasteiger partial charge in [-0.2, -0.15) is 0 Å². The molecule has 0 saturated heterocycles. The molecule has 0 aliphatic rings. The van der Waals surface area contributed by atoms with E-state index in [0.29, 0.717) is 17.8 Å². The largest absolute Gasteiger partial charge is 0.497 e. The Kier molecular flexibility index (Phi) is 6.13. The molecule has 7 heteroatoms. The lowest BCUT2D eigenvalue weighted by Gasteiger charge is -2.08. The van der Waals surface area contributed by atoms with Gasteiger partial charge in [0.25, 0.3) is 5.91 Å². The first kappa shape index (κ1) is 17.3. The van der Waals surface area contributed by atoms with Crippen LogP contribution in [0.25, 0.3) is 0 Å². The van der Waals surface area contributed by atoms with Crippen molar-refractivity contribution in [1.29, 1.82) is 0 Å². The molecule has 2 rings (SSSR count). The van der Waals surface area contributed by atoms with Gasteiger partial charge in [0, 0.05) is 18.3 Å². The molecule has 0 aliphatic carbocycles. The summed E-state index contributed by atoms with van der Waals surface area (Å²) in [6, 6.07) is 10.7. The lowest BCUT2D eigenvalue weighted by Crippen LogP contribution is -2.25. The van der Waals surface area contributed by atoms with E-state index < -0.39 is 6.09 Å². The van der Waals surface area contributed by atoms with Crippen molar-refractivity contribution < 1.29 is 19.1 Å². The van der Waals surface area contributed by atoms with E-state index >= 15 is 0 Å². The number of benzene rings is 1. The number of rotatable bonds is 6. The van der Waals surface area contributed by atoms with Crippen LogP contribution in [0.15, 0.2) is 42.6 Å². The Balaban J connectivity index is 1.92. The van der Waals surface area contributed by atoms with Crippen molar-refractivity contribution in [2.24, 2.45) is 0 Å². The van der Waals surface area contributed by atoms with Crippen LogP contribution in [0.1, 0.15) is 21.6 Å². The predicted octanol–water partition coefficient (Wildman–Crippen LogP) is 1.88. The summed E-state index contributed by atoms with van der Waals surface area (Å²) in [5.41, 5.74) is 2.00. The Morgan fingerprint density at radius 3 is 2.46 bits per heavy atom. The van der Waals surface area contributed by atoms with Gasteiger partial charge in [0.1, 0.15) is 5.75 Å². The Morgan fingerprint density at radius 2 is 1.79 bits per heavy atom. The number of carbonyl (C=O) groups excluding carboxylic acids is 2. The predicted molar refractivity (Wildman–Crippen MR) is 87.6 cm³/mol. The van der Waals surface area contributed by atoms with E-state index in [1.807, 2.05) is 24.3 Å². The first-order chi connectivity index (χ1) is 11.6. The summed E-state index contributed by atoms with van der Waals surface area (Å²) in [6.07, 6.45) is 0.975. The topological polar surface area (TPSA) is 89.5 Å². The highest BCUT2D eigenvalue weighted by Crippen LogP contribution is 2.11. The molecule has 0 radical (unpaired) electrons.